The van der Waals surface area contributed by atoms with Gasteiger partial charge in [-0.1, -0.05) is 33.1 Å². The third-order valence-electron chi connectivity index (χ3n) is 5.26. The Morgan fingerprint density at radius 3 is 2.71 bits per heavy atom. The van der Waals surface area contributed by atoms with Gasteiger partial charge in [0.1, 0.15) is 5.60 Å². The monoisotopic (exact) mass is 292 g/mol. The maximum atomic E-state index is 12.7. The lowest BCUT2D eigenvalue weighted by molar-refractivity contribution is -0.216. The SMILES string of the molecule is C#CC1C(O)CCC2(OCCCC)C(=O)C(CCCC)C12. The molecule has 2 saturated carbocycles. The molecule has 21 heavy (non-hydrogen) atoms. The average Bonchev–Trinajstić information content (AvgIpc) is 2.49. The first-order chi connectivity index (χ1) is 10.1. The van der Waals surface area contributed by atoms with Crippen molar-refractivity contribution in [2.45, 2.75) is 70.5 Å². The molecule has 118 valence electrons. The fourth-order valence-corrected chi connectivity index (χ4v) is 4.07. The molecule has 2 aliphatic rings. The molecule has 5 unspecified atom stereocenters. The van der Waals surface area contributed by atoms with Crippen LogP contribution in [0.2, 0.25) is 0 Å². The van der Waals surface area contributed by atoms with Gasteiger partial charge in [0.05, 0.1) is 12.0 Å². The third kappa shape index (κ3) is 2.76. The summed E-state index contributed by atoms with van der Waals surface area (Å²) in [6.45, 7) is 4.86. The standard InChI is InChI=1S/C18H28O3/c1-4-7-9-14-16-13(6-3)15(19)10-11-18(16,17(14)20)21-12-8-5-2/h3,13-16,19H,4-5,7-12H2,1-2H3. The molecule has 0 spiro atoms. The molecule has 0 aliphatic heterocycles. The molecule has 0 bridgehead atoms. The first-order valence-corrected chi connectivity index (χ1v) is 8.44. The van der Waals surface area contributed by atoms with Crippen LogP contribution in [-0.4, -0.2) is 29.2 Å². The summed E-state index contributed by atoms with van der Waals surface area (Å²) in [5.74, 6) is 2.75. The number of aliphatic hydroxyl groups is 1. The first kappa shape index (κ1) is 16.5. The third-order valence-corrected chi connectivity index (χ3v) is 5.26. The molecule has 0 radical (unpaired) electrons. The van der Waals surface area contributed by atoms with Crippen molar-refractivity contribution in [2.75, 3.05) is 6.61 Å². The van der Waals surface area contributed by atoms with Gasteiger partial charge in [0.2, 0.25) is 0 Å². The molecule has 2 rings (SSSR count). The van der Waals surface area contributed by atoms with E-state index in [-0.39, 0.29) is 23.5 Å². The van der Waals surface area contributed by atoms with Crippen molar-refractivity contribution in [3.63, 3.8) is 0 Å². The molecule has 0 amide bonds. The number of ether oxygens (including phenoxy) is 1. The molecule has 0 aromatic carbocycles. The molecule has 2 aliphatic carbocycles. The van der Waals surface area contributed by atoms with Crippen molar-refractivity contribution in [1.29, 1.82) is 0 Å². The molecule has 3 heteroatoms. The second-order valence-corrected chi connectivity index (χ2v) is 6.53. The number of terminal acetylenes is 1. The minimum Gasteiger partial charge on any atom is -0.392 e. The maximum absolute atomic E-state index is 12.7. The lowest BCUT2D eigenvalue weighted by Crippen LogP contribution is -2.70. The van der Waals surface area contributed by atoms with Gasteiger partial charge in [-0.05, 0) is 25.7 Å². The quantitative estimate of drug-likeness (QED) is 0.579. The van der Waals surface area contributed by atoms with E-state index in [0.29, 0.717) is 19.4 Å². The molecule has 0 saturated heterocycles. The summed E-state index contributed by atoms with van der Waals surface area (Å²) in [5.41, 5.74) is -0.691. The Morgan fingerprint density at radius 2 is 2.10 bits per heavy atom. The van der Waals surface area contributed by atoms with E-state index < -0.39 is 11.7 Å². The van der Waals surface area contributed by atoms with E-state index in [1.54, 1.807) is 0 Å². The fraction of sp³-hybridized carbons (Fsp3) is 0.833. The number of ketones is 1. The number of carbonyl (C=O) groups is 1. The van der Waals surface area contributed by atoms with Crippen molar-refractivity contribution in [3.05, 3.63) is 0 Å². The van der Waals surface area contributed by atoms with Crippen LogP contribution >= 0.6 is 0 Å². The normalized spacial score (nSPS) is 38.5. The average molecular weight is 292 g/mol. The number of hydrogen-bond acceptors (Lipinski definition) is 3. The number of aliphatic hydroxyl groups excluding tert-OH is 1. The second-order valence-electron chi connectivity index (χ2n) is 6.53. The number of fused-ring (bicyclic) bond motifs is 1. The summed E-state index contributed by atoms with van der Waals surface area (Å²) in [7, 11) is 0. The molecule has 2 fully saturated rings. The zero-order chi connectivity index (χ0) is 15.5. The van der Waals surface area contributed by atoms with E-state index in [9.17, 15) is 9.90 Å². The van der Waals surface area contributed by atoms with Crippen molar-refractivity contribution in [3.8, 4) is 12.3 Å². The van der Waals surface area contributed by atoms with Crippen LogP contribution in [0, 0.1) is 30.1 Å². The number of Topliss-reactive ketones (excluding diaryl/α,β-unsaturated/α-hetero) is 1. The van der Waals surface area contributed by atoms with Gasteiger partial charge in [-0.3, -0.25) is 4.79 Å². The van der Waals surface area contributed by atoms with Gasteiger partial charge in [-0.15, -0.1) is 12.3 Å². The van der Waals surface area contributed by atoms with Crippen LogP contribution < -0.4 is 0 Å². The van der Waals surface area contributed by atoms with Crippen LogP contribution in [0.5, 0.6) is 0 Å². The van der Waals surface area contributed by atoms with Gasteiger partial charge < -0.3 is 9.84 Å². The summed E-state index contributed by atoms with van der Waals surface area (Å²) in [6.07, 6.45) is 11.4. The summed E-state index contributed by atoms with van der Waals surface area (Å²) >= 11 is 0. The van der Waals surface area contributed by atoms with E-state index in [2.05, 4.69) is 19.8 Å². The second kappa shape index (κ2) is 6.94. The summed E-state index contributed by atoms with van der Waals surface area (Å²) < 4.78 is 6.06. The van der Waals surface area contributed by atoms with E-state index >= 15 is 0 Å². The number of carbonyl (C=O) groups excluding carboxylic acids is 1. The highest BCUT2D eigenvalue weighted by Crippen LogP contribution is 2.56. The predicted octanol–water partition coefficient (Wildman–Crippen LogP) is 2.95. The minimum atomic E-state index is -0.691. The smallest absolute Gasteiger partial charge is 0.168 e. The number of hydrogen-bond donors (Lipinski definition) is 1. The highest BCUT2D eigenvalue weighted by atomic mass is 16.5. The molecular formula is C18H28O3. The Hall–Kier alpha value is -0.850. The van der Waals surface area contributed by atoms with E-state index in [4.69, 9.17) is 11.2 Å². The Bertz CT molecular complexity index is 411. The van der Waals surface area contributed by atoms with Gasteiger partial charge in [-0.2, -0.15) is 0 Å². The molecule has 5 atom stereocenters. The van der Waals surface area contributed by atoms with Gasteiger partial charge in [-0.25, -0.2) is 0 Å². The van der Waals surface area contributed by atoms with Crippen LogP contribution in [0.25, 0.3) is 0 Å². The zero-order valence-electron chi connectivity index (χ0n) is 13.3. The van der Waals surface area contributed by atoms with Gasteiger partial charge in [0.15, 0.2) is 5.78 Å². The lowest BCUT2D eigenvalue weighted by Gasteiger charge is -2.58. The molecule has 0 aromatic heterocycles. The minimum absolute atomic E-state index is 0.0115. The summed E-state index contributed by atoms with van der Waals surface area (Å²) in [6, 6.07) is 0. The molecule has 1 N–H and O–H groups in total. The first-order valence-electron chi connectivity index (χ1n) is 8.44. The Morgan fingerprint density at radius 1 is 1.38 bits per heavy atom. The largest absolute Gasteiger partial charge is 0.392 e. The zero-order valence-corrected chi connectivity index (χ0v) is 13.3. The number of rotatable bonds is 7. The summed E-state index contributed by atoms with van der Waals surface area (Å²) in [4.78, 5) is 12.7. The molecule has 0 aromatic rings. The van der Waals surface area contributed by atoms with Crippen LogP contribution in [0.3, 0.4) is 0 Å². The van der Waals surface area contributed by atoms with Gasteiger partial charge in [0, 0.05) is 18.4 Å². The van der Waals surface area contributed by atoms with Crippen LogP contribution in [0.1, 0.15) is 58.8 Å². The van der Waals surface area contributed by atoms with Crippen LogP contribution in [0.15, 0.2) is 0 Å². The summed E-state index contributed by atoms with van der Waals surface area (Å²) in [5, 5.41) is 10.2. The van der Waals surface area contributed by atoms with E-state index in [1.165, 1.54) is 0 Å². The van der Waals surface area contributed by atoms with Crippen molar-refractivity contribution in [1.82, 2.24) is 0 Å². The van der Waals surface area contributed by atoms with E-state index in [1.807, 2.05) is 0 Å². The fourth-order valence-electron chi connectivity index (χ4n) is 4.07. The number of unbranched alkanes of at least 4 members (excludes halogenated alkanes) is 2. The molecular weight excluding hydrogens is 264 g/mol. The highest BCUT2D eigenvalue weighted by Gasteiger charge is 2.67. The van der Waals surface area contributed by atoms with Crippen molar-refractivity contribution < 1.29 is 14.6 Å². The Balaban J connectivity index is 2.17. The lowest BCUT2D eigenvalue weighted by atomic mass is 9.49. The van der Waals surface area contributed by atoms with Crippen molar-refractivity contribution in [2.24, 2.45) is 17.8 Å². The van der Waals surface area contributed by atoms with Crippen molar-refractivity contribution >= 4 is 5.78 Å². The maximum Gasteiger partial charge on any atom is 0.168 e. The van der Waals surface area contributed by atoms with Gasteiger partial charge in [0.25, 0.3) is 0 Å². The Kier molecular flexibility index (Phi) is 5.46. The predicted molar refractivity (Wildman–Crippen MR) is 82.7 cm³/mol. The van der Waals surface area contributed by atoms with Gasteiger partial charge >= 0.3 is 0 Å². The molecule has 3 nitrogen and oxygen atoms in total. The van der Waals surface area contributed by atoms with Crippen LogP contribution in [0.4, 0.5) is 0 Å². The van der Waals surface area contributed by atoms with E-state index in [0.717, 1.165) is 32.1 Å². The van der Waals surface area contributed by atoms with Crippen LogP contribution in [-0.2, 0) is 9.53 Å². The highest BCUT2D eigenvalue weighted by molar-refractivity contribution is 5.97. The Labute approximate surface area is 128 Å². The molecule has 0 heterocycles. The topological polar surface area (TPSA) is 46.5 Å².